The van der Waals surface area contributed by atoms with E-state index in [1.54, 1.807) is 14.2 Å². The summed E-state index contributed by atoms with van der Waals surface area (Å²) < 4.78 is 10.7. The minimum atomic E-state index is 0.377. The third kappa shape index (κ3) is 4.29. The van der Waals surface area contributed by atoms with E-state index in [0.29, 0.717) is 16.9 Å². The zero-order valence-electron chi connectivity index (χ0n) is 14.2. The van der Waals surface area contributed by atoms with Crippen molar-refractivity contribution in [2.75, 3.05) is 19.5 Å². The first-order chi connectivity index (χ1) is 9.73. The van der Waals surface area contributed by atoms with Crippen LogP contribution in [0.1, 0.15) is 47.0 Å². The van der Waals surface area contributed by atoms with Gasteiger partial charge in [-0.25, -0.2) is 0 Å². The highest BCUT2D eigenvalue weighted by molar-refractivity contribution is 5.54. The maximum absolute atomic E-state index is 5.35. The van der Waals surface area contributed by atoms with Crippen molar-refractivity contribution in [3.63, 3.8) is 0 Å². The number of ether oxygens (including phenoxy) is 2. The summed E-state index contributed by atoms with van der Waals surface area (Å²) in [6.45, 7) is 9.48. The van der Waals surface area contributed by atoms with Gasteiger partial charge in [0.05, 0.1) is 14.2 Å². The molecule has 1 aliphatic rings. The summed E-state index contributed by atoms with van der Waals surface area (Å²) >= 11 is 0. The maximum Gasteiger partial charge on any atom is 0.124 e. The molecule has 118 valence electrons. The number of methoxy groups -OCH3 is 2. The molecule has 1 aromatic carbocycles. The smallest absolute Gasteiger partial charge is 0.124 e. The van der Waals surface area contributed by atoms with E-state index in [2.05, 4.69) is 33.0 Å². The van der Waals surface area contributed by atoms with Crippen LogP contribution in [0.5, 0.6) is 11.5 Å². The fraction of sp³-hybridized carbons (Fsp3) is 0.667. The van der Waals surface area contributed by atoms with E-state index in [4.69, 9.17) is 9.47 Å². The number of hydrogen-bond acceptors (Lipinski definition) is 3. The third-order valence-corrected chi connectivity index (χ3v) is 4.28. The molecule has 0 radical (unpaired) electrons. The molecule has 0 amide bonds. The number of benzene rings is 1. The van der Waals surface area contributed by atoms with Crippen molar-refractivity contribution >= 4 is 5.69 Å². The molecule has 0 spiro atoms. The predicted octanol–water partition coefficient (Wildman–Crippen LogP) is 4.72. The van der Waals surface area contributed by atoms with Gasteiger partial charge in [-0.1, -0.05) is 27.7 Å². The molecular weight excluding hydrogens is 262 g/mol. The molecule has 0 saturated heterocycles. The Morgan fingerprint density at radius 1 is 0.905 bits per heavy atom. The Morgan fingerprint density at radius 3 is 1.81 bits per heavy atom. The van der Waals surface area contributed by atoms with Crippen molar-refractivity contribution in [1.29, 1.82) is 0 Å². The summed E-state index contributed by atoms with van der Waals surface area (Å²) in [7, 11) is 3.37. The highest BCUT2D eigenvalue weighted by Crippen LogP contribution is 2.46. The number of hydrogen-bond donors (Lipinski definition) is 1. The van der Waals surface area contributed by atoms with Gasteiger partial charge in [0.25, 0.3) is 0 Å². The second-order valence-corrected chi connectivity index (χ2v) is 7.86. The Kier molecular flexibility index (Phi) is 4.40. The maximum atomic E-state index is 5.35. The minimum absolute atomic E-state index is 0.377. The molecule has 0 bridgehead atoms. The van der Waals surface area contributed by atoms with Gasteiger partial charge in [-0.05, 0) is 30.1 Å². The quantitative estimate of drug-likeness (QED) is 0.870. The lowest BCUT2D eigenvalue weighted by atomic mass is 9.63. The second kappa shape index (κ2) is 5.78. The fourth-order valence-electron chi connectivity index (χ4n) is 4.07. The molecule has 1 N–H and O–H groups in total. The van der Waals surface area contributed by atoms with Crippen LogP contribution in [0.2, 0.25) is 0 Å². The van der Waals surface area contributed by atoms with E-state index >= 15 is 0 Å². The number of nitrogens with one attached hydrogen (secondary N) is 1. The Labute approximate surface area is 129 Å². The van der Waals surface area contributed by atoms with Gasteiger partial charge in [0.15, 0.2) is 0 Å². The molecule has 21 heavy (non-hydrogen) atoms. The third-order valence-electron chi connectivity index (χ3n) is 4.28. The van der Waals surface area contributed by atoms with E-state index in [9.17, 15) is 0 Å². The van der Waals surface area contributed by atoms with Crippen LogP contribution in [0, 0.1) is 10.8 Å². The molecule has 3 heteroatoms. The summed E-state index contributed by atoms with van der Waals surface area (Å²) in [5.41, 5.74) is 1.83. The van der Waals surface area contributed by atoms with E-state index in [-0.39, 0.29) is 0 Å². The molecule has 1 aliphatic carbocycles. The van der Waals surface area contributed by atoms with Crippen molar-refractivity contribution in [3.05, 3.63) is 18.2 Å². The Hall–Kier alpha value is -1.38. The van der Waals surface area contributed by atoms with Gasteiger partial charge in [0, 0.05) is 29.9 Å². The molecule has 0 heterocycles. The van der Waals surface area contributed by atoms with Gasteiger partial charge in [0.2, 0.25) is 0 Å². The SMILES string of the molecule is COc1cc(NC2CC(C)(C)CC(C)(C)C2)cc(OC)c1. The van der Waals surface area contributed by atoms with Crippen molar-refractivity contribution in [2.45, 2.75) is 53.0 Å². The van der Waals surface area contributed by atoms with Gasteiger partial charge in [-0.3, -0.25) is 0 Å². The molecule has 1 aromatic rings. The zero-order chi connectivity index (χ0) is 15.7. The normalized spacial score (nSPS) is 20.9. The summed E-state index contributed by atoms with van der Waals surface area (Å²) in [5.74, 6) is 1.65. The predicted molar refractivity (Wildman–Crippen MR) is 88.4 cm³/mol. The molecule has 0 atom stereocenters. The van der Waals surface area contributed by atoms with Gasteiger partial charge < -0.3 is 14.8 Å². The average Bonchev–Trinajstić information content (AvgIpc) is 2.34. The highest BCUT2D eigenvalue weighted by Gasteiger charge is 2.38. The molecule has 3 nitrogen and oxygen atoms in total. The molecule has 2 rings (SSSR count). The fourth-order valence-corrected chi connectivity index (χ4v) is 4.07. The molecule has 0 unspecified atom stereocenters. The molecule has 0 aliphatic heterocycles. The molecule has 1 saturated carbocycles. The molecule has 1 fully saturated rings. The lowest BCUT2D eigenvalue weighted by molar-refractivity contribution is 0.105. The largest absolute Gasteiger partial charge is 0.497 e. The van der Waals surface area contributed by atoms with E-state index in [1.807, 2.05) is 18.2 Å². The number of anilines is 1. The zero-order valence-corrected chi connectivity index (χ0v) is 14.2. The lowest BCUT2D eigenvalue weighted by Crippen LogP contribution is -2.40. The first-order valence-electron chi connectivity index (χ1n) is 7.73. The Balaban J connectivity index is 2.17. The number of rotatable bonds is 4. The second-order valence-electron chi connectivity index (χ2n) is 7.86. The van der Waals surface area contributed by atoms with Crippen LogP contribution >= 0.6 is 0 Å². The van der Waals surface area contributed by atoms with Gasteiger partial charge in [0.1, 0.15) is 11.5 Å². The van der Waals surface area contributed by atoms with Crippen molar-refractivity contribution in [2.24, 2.45) is 10.8 Å². The van der Waals surface area contributed by atoms with Gasteiger partial charge in [-0.15, -0.1) is 0 Å². The van der Waals surface area contributed by atoms with Gasteiger partial charge >= 0.3 is 0 Å². The van der Waals surface area contributed by atoms with Crippen LogP contribution in [0.3, 0.4) is 0 Å². The van der Waals surface area contributed by atoms with Crippen LogP contribution < -0.4 is 14.8 Å². The summed E-state index contributed by atoms with van der Waals surface area (Å²) in [6.07, 6.45) is 3.66. The van der Waals surface area contributed by atoms with Crippen LogP contribution in [-0.4, -0.2) is 20.3 Å². The van der Waals surface area contributed by atoms with Crippen molar-refractivity contribution in [3.8, 4) is 11.5 Å². The summed E-state index contributed by atoms with van der Waals surface area (Å²) in [4.78, 5) is 0. The Bertz CT molecular complexity index is 456. The summed E-state index contributed by atoms with van der Waals surface area (Å²) in [5, 5.41) is 3.68. The van der Waals surface area contributed by atoms with E-state index < -0.39 is 0 Å². The van der Waals surface area contributed by atoms with Crippen LogP contribution in [0.15, 0.2) is 18.2 Å². The first kappa shape index (κ1) is 16.0. The van der Waals surface area contributed by atoms with E-state index in [1.165, 1.54) is 19.3 Å². The van der Waals surface area contributed by atoms with Crippen molar-refractivity contribution < 1.29 is 9.47 Å². The van der Waals surface area contributed by atoms with Gasteiger partial charge in [-0.2, -0.15) is 0 Å². The minimum Gasteiger partial charge on any atom is -0.497 e. The van der Waals surface area contributed by atoms with Crippen molar-refractivity contribution in [1.82, 2.24) is 0 Å². The molecule has 0 aromatic heterocycles. The average molecular weight is 291 g/mol. The Morgan fingerprint density at radius 2 is 1.38 bits per heavy atom. The molecular formula is C18H29NO2. The lowest BCUT2D eigenvalue weighted by Gasteiger charge is -2.45. The monoisotopic (exact) mass is 291 g/mol. The van der Waals surface area contributed by atoms with Crippen LogP contribution in [0.25, 0.3) is 0 Å². The van der Waals surface area contributed by atoms with Crippen LogP contribution in [0.4, 0.5) is 5.69 Å². The highest BCUT2D eigenvalue weighted by atomic mass is 16.5. The topological polar surface area (TPSA) is 30.5 Å². The first-order valence-corrected chi connectivity index (χ1v) is 7.73. The standard InChI is InChI=1S/C18H29NO2/c1-17(2)10-14(11-18(3,4)12-17)19-13-7-15(20-5)9-16(8-13)21-6/h7-9,14,19H,10-12H2,1-6H3. The van der Waals surface area contributed by atoms with E-state index in [0.717, 1.165) is 17.2 Å². The van der Waals surface area contributed by atoms with Crippen LogP contribution in [-0.2, 0) is 0 Å². The summed E-state index contributed by atoms with van der Waals surface area (Å²) in [6, 6.07) is 6.47.